The highest BCUT2D eigenvalue weighted by Crippen LogP contribution is 2.27. The van der Waals surface area contributed by atoms with E-state index in [1.165, 1.54) is 6.42 Å². The van der Waals surface area contributed by atoms with Crippen molar-refractivity contribution in [3.63, 3.8) is 0 Å². The molecule has 0 aromatic carbocycles. The predicted molar refractivity (Wildman–Crippen MR) is 58.3 cm³/mol. The van der Waals surface area contributed by atoms with Gasteiger partial charge in [-0.1, -0.05) is 0 Å². The van der Waals surface area contributed by atoms with Crippen LogP contribution < -0.4 is 11.1 Å². The van der Waals surface area contributed by atoms with Gasteiger partial charge < -0.3 is 16.0 Å². The molecule has 1 aliphatic heterocycles. The maximum atomic E-state index is 5.76. The van der Waals surface area contributed by atoms with E-state index >= 15 is 0 Å². The molecular formula is C10H13N5. The first-order valence-corrected chi connectivity index (χ1v) is 5.17. The van der Waals surface area contributed by atoms with Crippen molar-refractivity contribution in [1.29, 1.82) is 0 Å². The average Bonchev–Trinajstić information content (AvgIpc) is 2.86. The summed E-state index contributed by atoms with van der Waals surface area (Å²) >= 11 is 0. The van der Waals surface area contributed by atoms with Crippen molar-refractivity contribution in [2.75, 3.05) is 12.3 Å². The lowest BCUT2D eigenvalue weighted by Crippen LogP contribution is -2.15. The minimum atomic E-state index is 0.305. The minimum absolute atomic E-state index is 0.305. The topological polar surface area (TPSA) is 79.6 Å². The number of aromatic nitrogens is 3. The van der Waals surface area contributed by atoms with Gasteiger partial charge in [0.1, 0.15) is 11.3 Å². The summed E-state index contributed by atoms with van der Waals surface area (Å²) < 4.78 is 0. The monoisotopic (exact) mass is 203 g/mol. The first-order valence-electron chi connectivity index (χ1n) is 5.17. The molecule has 3 rings (SSSR count). The summed E-state index contributed by atoms with van der Waals surface area (Å²) in [7, 11) is 0. The first kappa shape index (κ1) is 8.67. The third-order valence-corrected chi connectivity index (χ3v) is 2.84. The summed E-state index contributed by atoms with van der Waals surface area (Å²) in [5.41, 5.74) is 8.64. The lowest BCUT2D eigenvalue weighted by molar-refractivity contribution is 0.633. The summed E-state index contributed by atoms with van der Waals surface area (Å²) in [5, 5.41) is 3.41. The van der Waals surface area contributed by atoms with E-state index in [-0.39, 0.29) is 0 Å². The lowest BCUT2D eigenvalue weighted by atomic mass is 10.1. The number of fused-ring (bicyclic) bond motifs is 1. The fraction of sp³-hybridized carbons (Fsp3) is 0.400. The lowest BCUT2D eigenvalue weighted by Gasteiger charge is -2.10. The van der Waals surface area contributed by atoms with Crippen LogP contribution >= 0.6 is 0 Å². The molecule has 4 N–H and O–H groups in total. The molecule has 78 valence electrons. The molecule has 0 aliphatic carbocycles. The number of nitrogens with one attached hydrogen (secondary N) is 2. The normalized spacial score (nSPS) is 21.2. The van der Waals surface area contributed by atoms with Crippen LogP contribution in [0.15, 0.2) is 12.4 Å². The predicted octanol–water partition coefficient (Wildman–Crippen LogP) is 0.965. The molecule has 5 heteroatoms. The Labute approximate surface area is 87.1 Å². The molecule has 0 radical (unpaired) electrons. The standard InChI is InChI=1S/C10H13N5/c11-8-4-7-9(14-5-13-7)10(15-8)6-2-1-3-12-6/h4-6,12H,1-3H2,(H2,11,15)(H,13,14). The molecule has 1 unspecified atom stereocenters. The largest absolute Gasteiger partial charge is 0.384 e. The summed E-state index contributed by atoms with van der Waals surface area (Å²) in [6, 6.07) is 2.13. The van der Waals surface area contributed by atoms with E-state index in [0.29, 0.717) is 11.9 Å². The molecule has 3 heterocycles. The molecule has 1 saturated heterocycles. The second-order valence-electron chi connectivity index (χ2n) is 3.88. The zero-order chi connectivity index (χ0) is 10.3. The fourth-order valence-electron chi connectivity index (χ4n) is 2.15. The number of hydrogen-bond acceptors (Lipinski definition) is 4. The van der Waals surface area contributed by atoms with Crippen molar-refractivity contribution in [3.8, 4) is 0 Å². The van der Waals surface area contributed by atoms with Crippen LogP contribution in [0.2, 0.25) is 0 Å². The van der Waals surface area contributed by atoms with Crippen LogP contribution in [0.4, 0.5) is 5.82 Å². The van der Waals surface area contributed by atoms with E-state index in [4.69, 9.17) is 5.73 Å². The van der Waals surface area contributed by atoms with Gasteiger partial charge in [-0.05, 0) is 19.4 Å². The van der Waals surface area contributed by atoms with Crippen molar-refractivity contribution < 1.29 is 0 Å². The second-order valence-corrected chi connectivity index (χ2v) is 3.88. The Bertz CT molecular complexity index is 484. The van der Waals surface area contributed by atoms with Crippen molar-refractivity contribution in [3.05, 3.63) is 18.1 Å². The molecule has 0 saturated carbocycles. The van der Waals surface area contributed by atoms with Crippen LogP contribution in [0.3, 0.4) is 0 Å². The Hall–Kier alpha value is -1.62. The number of aromatic amines is 1. The zero-order valence-corrected chi connectivity index (χ0v) is 8.33. The molecular weight excluding hydrogens is 190 g/mol. The van der Waals surface area contributed by atoms with Crippen molar-refractivity contribution in [2.45, 2.75) is 18.9 Å². The quantitative estimate of drug-likeness (QED) is 0.645. The summed E-state index contributed by atoms with van der Waals surface area (Å²) in [6.45, 7) is 1.05. The number of imidazole rings is 1. The van der Waals surface area contributed by atoms with Crippen LogP contribution in [0.5, 0.6) is 0 Å². The SMILES string of the molecule is Nc1cc2[nH]cnc2c(C2CCCN2)n1. The van der Waals surface area contributed by atoms with Crippen LogP contribution in [0.1, 0.15) is 24.6 Å². The maximum Gasteiger partial charge on any atom is 0.125 e. The van der Waals surface area contributed by atoms with Crippen LogP contribution in [0, 0.1) is 0 Å². The molecule has 2 aromatic rings. The Morgan fingerprint density at radius 2 is 2.40 bits per heavy atom. The summed E-state index contributed by atoms with van der Waals surface area (Å²) in [6.07, 6.45) is 3.98. The number of nitrogens with two attached hydrogens (primary N) is 1. The van der Waals surface area contributed by atoms with Gasteiger partial charge in [-0.2, -0.15) is 0 Å². The molecule has 0 bridgehead atoms. The van der Waals surface area contributed by atoms with Crippen molar-refractivity contribution >= 4 is 16.9 Å². The molecule has 15 heavy (non-hydrogen) atoms. The van der Waals surface area contributed by atoms with Crippen LogP contribution in [-0.4, -0.2) is 21.5 Å². The number of nitrogens with zero attached hydrogens (tertiary/aromatic N) is 2. The Kier molecular flexibility index (Phi) is 1.85. The van der Waals surface area contributed by atoms with Gasteiger partial charge in [-0.3, -0.25) is 0 Å². The number of rotatable bonds is 1. The van der Waals surface area contributed by atoms with E-state index < -0.39 is 0 Å². The van der Waals surface area contributed by atoms with Gasteiger partial charge in [-0.15, -0.1) is 0 Å². The third kappa shape index (κ3) is 1.35. The van der Waals surface area contributed by atoms with Crippen LogP contribution in [0.25, 0.3) is 11.0 Å². The highest BCUT2D eigenvalue weighted by atomic mass is 15.0. The van der Waals surface area contributed by atoms with E-state index in [2.05, 4.69) is 20.3 Å². The third-order valence-electron chi connectivity index (χ3n) is 2.84. The zero-order valence-electron chi connectivity index (χ0n) is 8.33. The van der Waals surface area contributed by atoms with Gasteiger partial charge in [0.25, 0.3) is 0 Å². The van der Waals surface area contributed by atoms with E-state index in [9.17, 15) is 0 Å². The molecule has 1 atom stereocenters. The fourth-order valence-corrected chi connectivity index (χ4v) is 2.15. The highest BCUT2D eigenvalue weighted by Gasteiger charge is 2.21. The molecule has 1 fully saturated rings. The number of H-pyrrole nitrogens is 1. The first-order chi connectivity index (χ1) is 7.34. The number of nitrogen functional groups attached to an aromatic ring is 1. The number of anilines is 1. The van der Waals surface area contributed by atoms with Gasteiger partial charge in [0.2, 0.25) is 0 Å². The van der Waals surface area contributed by atoms with Gasteiger partial charge in [0, 0.05) is 6.07 Å². The molecule has 0 spiro atoms. The summed E-state index contributed by atoms with van der Waals surface area (Å²) in [4.78, 5) is 11.7. The number of hydrogen-bond donors (Lipinski definition) is 3. The second kappa shape index (κ2) is 3.20. The Morgan fingerprint density at radius 3 is 3.20 bits per heavy atom. The van der Waals surface area contributed by atoms with Crippen molar-refractivity contribution in [1.82, 2.24) is 20.3 Å². The van der Waals surface area contributed by atoms with E-state index in [1.54, 1.807) is 6.33 Å². The van der Waals surface area contributed by atoms with Gasteiger partial charge in [-0.25, -0.2) is 9.97 Å². The highest BCUT2D eigenvalue weighted by molar-refractivity contribution is 5.79. The smallest absolute Gasteiger partial charge is 0.125 e. The van der Waals surface area contributed by atoms with Crippen LogP contribution in [-0.2, 0) is 0 Å². The number of pyridine rings is 1. The Balaban J connectivity index is 2.18. The van der Waals surface area contributed by atoms with Gasteiger partial charge >= 0.3 is 0 Å². The molecule has 1 aliphatic rings. The minimum Gasteiger partial charge on any atom is -0.384 e. The Morgan fingerprint density at radius 1 is 1.47 bits per heavy atom. The average molecular weight is 203 g/mol. The van der Waals surface area contributed by atoms with E-state index in [0.717, 1.165) is 29.7 Å². The molecule has 5 nitrogen and oxygen atoms in total. The molecule has 2 aromatic heterocycles. The van der Waals surface area contributed by atoms with Crippen molar-refractivity contribution in [2.24, 2.45) is 0 Å². The van der Waals surface area contributed by atoms with Gasteiger partial charge in [0.15, 0.2) is 0 Å². The summed E-state index contributed by atoms with van der Waals surface area (Å²) in [5.74, 6) is 0.551. The molecule has 0 amide bonds. The van der Waals surface area contributed by atoms with E-state index in [1.807, 2.05) is 6.07 Å². The van der Waals surface area contributed by atoms with Gasteiger partial charge in [0.05, 0.1) is 23.6 Å². The maximum absolute atomic E-state index is 5.76.